The van der Waals surface area contributed by atoms with Gasteiger partial charge in [-0.15, -0.1) is 0 Å². The molecule has 0 aromatic carbocycles. The zero-order valence-electron chi connectivity index (χ0n) is 12.0. The Balaban J connectivity index is 2.04. The van der Waals surface area contributed by atoms with Crippen LogP contribution in [0.4, 0.5) is 0 Å². The van der Waals surface area contributed by atoms with Crippen LogP contribution >= 0.6 is 0 Å². The molecule has 1 aliphatic carbocycles. The lowest BCUT2D eigenvalue weighted by Gasteiger charge is -2.36. The van der Waals surface area contributed by atoms with Crippen molar-refractivity contribution in [3.63, 3.8) is 0 Å². The zero-order valence-corrected chi connectivity index (χ0v) is 12.9. The summed E-state index contributed by atoms with van der Waals surface area (Å²) >= 11 is 0. The highest BCUT2D eigenvalue weighted by atomic mass is 32.2. The Morgan fingerprint density at radius 1 is 1.26 bits per heavy atom. The Morgan fingerprint density at radius 2 is 2.00 bits per heavy atom. The quantitative estimate of drug-likeness (QED) is 0.856. The van der Waals surface area contributed by atoms with E-state index in [0.717, 1.165) is 32.1 Å². The van der Waals surface area contributed by atoms with Gasteiger partial charge in [0.25, 0.3) is 0 Å². The van der Waals surface area contributed by atoms with Gasteiger partial charge in [0.05, 0.1) is 17.1 Å². The van der Waals surface area contributed by atoms with E-state index in [-0.39, 0.29) is 23.1 Å². The molecule has 0 bridgehead atoms. The van der Waals surface area contributed by atoms with Gasteiger partial charge in [0.1, 0.15) is 0 Å². The maximum absolute atomic E-state index is 12.6. The predicted octanol–water partition coefficient (Wildman–Crippen LogP) is 1.73. The van der Waals surface area contributed by atoms with Gasteiger partial charge in [-0.3, -0.25) is 0 Å². The monoisotopic (exact) mass is 289 g/mol. The Morgan fingerprint density at radius 3 is 2.58 bits per heavy atom. The number of hydrogen-bond acceptors (Lipinski definition) is 4. The van der Waals surface area contributed by atoms with Gasteiger partial charge in [0.15, 0.2) is 9.84 Å². The van der Waals surface area contributed by atoms with Crippen LogP contribution in [0, 0.1) is 11.8 Å². The molecular weight excluding hydrogens is 262 g/mol. The third kappa shape index (κ3) is 3.70. The molecule has 2 N–H and O–H groups in total. The van der Waals surface area contributed by atoms with E-state index < -0.39 is 9.84 Å². The molecule has 0 aromatic heterocycles. The molecule has 2 rings (SSSR count). The molecule has 5 heteroatoms. The van der Waals surface area contributed by atoms with Crippen LogP contribution in [-0.2, 0) is 14.6 Å². The molecule has 4 atom stereocenters. The average molecular weight is 289 g/mol. The molecule has 1 aliphatic heterocycles. The first-order chi connectivity index (χ1) is 8.90. The molecule has 0 aromatic rings. The smallest absolute Gasteiger partial charge is 0.157 e. The Hall–Kier alpha value is -0.130. The molecular formula is C14H27NO3S. The van der Waals surface area contributed by atoms with Gasteiger partial charge in [0, 0.05) is 12.6 Å². The van der Waals surface area contributed by atoms with Crippen molar-refractivity contribution >= 4 is 9.84 Å². The minimum Gasteiger partial charge on any atom is -0.377 e. The second-order valence-corrected chi connectivity index (χ2v) is 8.75. The van der Waals surface area contributed by atoms with Crippen molar-refractivity contribution in [2.75, 3.05) is 12.4 Å². The van der Waals surface area contributed by atoms with Gasteiger partial charge in [-0.05, 0) is 43.9 Å². The van der Waals surface area contributed by atoms with E-state index in [1.807, 2.05) is 0 Å². The second kappa shape index (κ2) is 6.10. The van der Waals surface area contributed by atoms with Crippen LogP contribution in [0.5, 0.6) is 0 Å². The largest absolute Gasteiger partial charge is 0.377 e. The molecule has 1 saturated heterocycles. The molecule has 0 amide bonds. The molecule has 112 valence electrons. The second-order valence-electron chi connectivity index (χ2n) is 6.48. The fourth-order valence-electron chi connectivity index (χ4n) is 3.36. The lowest BCUT2D eigenvalue weighted by atomic mass is 9.79. The number of sulfone groups is 1. The van der Waals surface area contributed by atoms with Gasteiger partial charge >= 0.3 is 0 Å². The standard InChI is InChI=1S/C14H27NO3S/c1-10(2)11-5-6-13(15)14(8-11)19(16,17)9-12-4-3-7-18-12/h10-14H,3-9,15H2,1-2H3. The van der Waals surface area contributed by atoms with Crippen molar-refractivity contribution < 1.29 is 13.2 Å². The number of nitrogens with two attached hydrogens (primary N) is 1. The van der Waals surface area contributed by atoms with Crippen molar-refractivity contribution in [1.82, 2.24) is 0 Å². The fourth-order valence-corrected chi connectivity index (χ4v) is 5.60. The predicted molar refractivity (Wildman–Crippen MR) is 76.7 cm³/mol. The van der Waals surface area contributed by atoms with E-state index in [9.17, 15) is 8.42 Å². The van der Waals surface area contributed by atoms with Crippen molar-refractivity contribution in [1.29, 1.82) is 0 Å². The third-order valence-corrected chi connectivity index (χ3v) is 7.03. The minimum absolute atomic E-state index is 0.100. The SMILES string of the molecule is CC(C)C1CCC(N)C(S(=O)(=O)CC2CCCO2)C1. The molecule has 1 saturated carbocycles. The molecule has 19 heavy (non-hydrogen) atoms. The van der Waals surface area contributed by atoms with Crippen LogP contribution in [0.3, 0.4) is 0 Å². The maximum atomic E-state index is 12.6. The average Bonchev–Trinajstić information content (AvgIpc) is 2.81. The summed E-state index contributed by atoms with van der Waals surface area (Å²) < 4.78 is 30.6. The maximum Gasteiger partial charge on any atom is 0.157 e. The van der Waals surface area contributed by atoms with Gasteiger partial charge in [0.2, 0.25) is 0 Å². The van der Waals surface area contributed by atoms with E-state index in [1.165, 1.54) is 0 Å². The highest BCUT2D eigenvalue weighted by Gasteiger charge is 2.39. The Kier molecular flexibility index (Phi) is 4.90. The highest BCUT2D eigenvalue weighted by Crippen LogP contribution is 2.33. The van der Waals surface area contributed by atoms with Crippen molar-refractivity contribution in [2.45, 2.75) is 63.3 Å². The molecule has 1 heterocycles. The summed E-state index contributed by atoms with van der Waals surface area (Å²) in [6.45, 7) is 5.04. The van der Waals surface area contributed by atoms with E-state index >= 15 is 0 Å². The van der Waals surface area contributed by atoms with Gasteiger partial charge in [-0.25, -0.2) is 8.42 Å². The van der Waals surface area contributed by atoms with Crippen molar-refractivity contribution in [3.05, 3.63) is 0 Å². The van der Waals surface area contributed by atoms with Crippen molar-refractivity contribution in [3.8, 4) is 0 Å². The summed E-state index contributed by atoms with van der Waals surface area (Å²) in [5.74, 6) is 1.19. The molecule has 2 fully saturated rings. The lowest BCUT2D eigenvalue weighted by Crippen LogP contribution is -2.47. The van der Waals surface area contributed by atoms with E-state index in [1.54, 1.807) is 0 Å². The fraction of sp³-hybridized carbons (Fsp3) is 1.00. The van der Waals surface area contributed by atoms with Crippen LogP contribution in [0.2, 0.25) is 0 Å². The summed E-state index contributed by atoms with van der Waals surface area (Å²) in [7, 11) is -3.13. The van der Waals surface area contributed by atoms with Crippen LogP contribution in [-0.4, -0.2) is 38.2 Å². The van der Waals surface area contributed by atoms with Crippen LogP contribution in [0.15, 0.2) is 0 Å². The molecule has 4 nitrogen and oxygen atoms in total. The van der Waals surface area contributed by atoms with Gasteiger partial charge in [-0.2, -0.15) is 0 Å². The summed E-state index contributed by atoms with van der Waals surface area (Å²) in [4.78, 5) is 0. The topological polar surface area (TPSA) is 69.4 Å². The minimum atomic E-state index is -3.13. The van der Waals surface area contributed by atoms with E-state index in [0.29, 0.717) is 18.4 Å². The van der Waals surface area contributed by atoms with E-state index in [2.05, 4.69) is 13.8 Å². The van der Waals surface area contributed by atoms with Gasteiger partial charge in [-0.1, -0.05) is 13.8 Å². The Labute approximate surface area is 117 Å². The first-order valence-electron chi connectivity index (χ1n) is 7.49. The van der Waals surface area contributed by atoms with Crippen LogP contribution < -0.4 is 5.73 Å². The Bertz CT molecular complexity index is 387. The molecule has 0 radical (unpaired) electrons. The van der Waals surface area contributed by atoms with Crippen LogP contribution in [0.1, 0.15) is 46.0 Å². The number of rotatable bonds is 4. The summed E-state index contributed by atoms with van der Waals surface area (Å²) in [5, 5.41) is -0.363. The van der Waals surface area contributed by atoms with Crippen molar-refractivity contribution in [2.24, 2.45) is 17.6 Å². The normalized spacial score (nSPS) is 36.8. The summed E-state index contributed by atoms with van der Waals surface area (Å²) in [6, 6.07) is -0.193. The number of ether oxygens (including phenoxy) is 1. The first kappa shape index (κ1) is 15.3. The highest BCUT2D eigenvalue weighted by molar-refractivity contribution is 7.92. The zero-order chi connectivity index (χ0) is 14.0. The van der Waals surface area contributed by atoms with Gasteiger partial charge < -0.3 is 10.5 Å². The molecule has 0 spiro atoms. The van der Waals surface area contributed by atoms with E-state index in [4.69, 9.17) is 10.5 Å². The lowest BCUT2D eigenvalue weighted by molar-refractivity contribution is 0.127. The third-order valence-electron chi connectivity index (χ3n) is 4.73. The first-order valence-corrected chi connectivity index (χ1v) is 9.20. The summed E-state index contributed by atoms with van der Waals surface area (Å²) in [6.07, 6.45) is 4.37. The number of hydrogen-bond donors (Lipinski definition) is 1. The molecule has 2 aliphatic rings. The summed E-state index contributed by atoms with van der Waals surface area (Å²) in [5.41, 5.74) is 6.08. The molecule has 4 unspecified atom stereocenters. The van der Waals surface area contributed by atoms with Crippen LogP contribution in [0.25, 0.3) is 0 Å².